The molecule has 0 unspecified atom stereocenters. The van der Waals surface area contributed by atoms with E-state index in [4.69, 9.17) is 18.1 Å². The van der Waals surface area contributed by atoms with Gasteiger partial charge in [-0.2, -0.15) is 0 Å². The van der Waals surface area contributed by atoms with Gasteiger partial charge in [-0.1, -0.05) is 18.3 Å². The van der Waals surface area contributed by atoms with Crippen LogP contribution in [0.3, 0.4) is 0 Å². The standard InChI is InChI=1S/C4H6N2S/c5-6-3-1-2-4(6)7/h1,3H,2,5H2. The zero-order valence-electron chi connectivity index (χ0n) is 3.79. The van der Waals surface area contributed by atoms with Crippen LogP contribution in [0.4, 0.5) is 0 Å². The van der Waals surface area contributed by atoms with Crippen molar-refractivity contribution in [3.63, 3.8) is 0 Å². The summed E-state index contributed by atoms with van der Waals surface area (Å²) in [4.78, 5) is 0.792. The van der Waals surface area contributed by atoms with Crippen molar-refractivity contribution in [1.29, 1.82) is 0 Å². The molecular weight excluding hydrogens is 108 g/mol. The summed E-state index contributed by atoms with van der Waals surface area (Å²) in [7, 11) is 0. The topological polar surface area (TPSA) is 29.3 Å². The molecule has 0 amide bonds. The lowest BCUT2D eigenvalue weighted by Crippen LogP contribution is -2.26. The maximum absolute atomic E-state index is 5.28. The van der Waals surface area contributed by atoms with Crippen LogP contribution in [0.5, 0.6) is 0 Å². The first-order valence-electron chi connectivity index (χ1n) is 2.04. The Hall–Kier alpha value is -0.410. The van der Waals surface area contributed by atoms with Crippen LogP contribution < -0.4 is 5.84 Å². The Morgan fingerprint density at radius 3 is 2.71 bits per heavy atom. The van der Waals surface area contributed by atoms with E-state index < -0.39 is 0 Å². The molecule has 3 heteroatoms. The highest BCUT2D eigenvalue weighted by Crippen LogP contribution is 2.01. The average Bonchev–Trinajstić information content (AvgIpc) is 1.91. The van der Waals surface area contributed by atoms with Crippen LogP contribution in [0, 0.1) is 0 Å². The van der Waals surface area contributed by atoms with Crippen molar-refractivity contribution in [2.45, 2.75) is 6.42 Å². The molecule has 0 saturated heterocycles. The number of hydrogen-bond donors (Lipinski definition) is 1. The number of nitrogens with two attached hydrogens (primary N) is 1. The molecule has 2 N–H and O–H groups in total. The largest absolute Gasteiger partial charge is 0.280 e. The van der Waals surface area contributed by atoms with Gasteiger partial charge in [-0.05, 0) is 0 Å². The van der Waals surface area contributed by atoms with Gasteiger partial charge in [-0.3, -0.25) is 5.01 Å². The van der Waals surface area contributed by atoms with E-state index in [1.165, 1.54) is 5.01 Å². The number of nitrogens with zero attached hydrogens (tertiary/aromatic N) is 1. The van der Waals surface area contributed by atoms with Crippen molar-refractivity contribution in [1.82, 2.24) is 5.01 Å². The van der Waals surface area contributed by atoms with E-state index >= 15 is 0 Å². The molecule has 1 aliphatic rings. The second-order valence-corrected chi connectivity index (χ2v) is 1.86. The molecule has 0 aromatic heterocycles. The van der Waals surface area contributed by atoms with Crippen molar-refractivity contribution in [2.24, 2.45) is 5.84 Å². The Morgan fingerprint density at radius 1 is 1.86 bits per heavy atom. The van der Waals surface area contributed by atoms with Gasteiger partial charge in [-0.15, -0.1) is 0 Å². The lowest BCUT2D eigenvalue weighted by atomic mass is 10.5. The summed E-state index contributed by atoms with van der Waals surface area (Å²) in [6.45, 7) is 0. The van der Waals surface area contributed by atoms with Gasteiger partial charge in [0.2, 0.25) is 0 Å². The van der Waals surface area contributed by atoms with Crippen LogP contribution in [0.15, 0.2) is 12.3 Å². The fourth-order valence-corrected chi connectivity index (χ4v) is 0.613. The first-order valence-corrected chi connectivity index (χ1v) is 2.45. The summed E-state index contributed by atoms with van der Waals surface area (Å²) in [5.74, 6) is 5.28. The van der Waals surface area contributed by atoms with Crippen molar-refractivity contribution < 1.29 is 0 Å². The second kappa shape index (κ2) is 1.60. The predicted octanol–water partition coefficient (Wildman–Crippen LogP) is 0.407. The smallest absolute Gasteiger partial charge is 0.101 e. The molecule has 1 rings (SSSR count). The molecule has 0 fully saturated rings. The summed E-state index contributed by atoms with van der Waals surface area (Å²) >= 11 is 4.78. The Kier molecular flexibility index (Phi) is 1.08. The zero-order valence-corrected chi connectivity index (χ0v) is 4.61. The molecule has 0 saturated carbocycles. The van der Waals surface area contributed by atoms with Gasteiger partial charge in [0.05, 0.1) is 0 Å². The lowest BCUT2D eigenvalue weighted by Gasteiger charge is -2.04. The second-order valence-electron chi connectivity index (χ2n) is 1.39. The van der Waals surface area contributed by atoms with Gasteiger partial charge < -0.3 is 0 Å². The predicted molar refractivity (Wildman–Crippen MR) is 32.4 cm³/mol. The molecule has 0 spiro atoms. The Labute approximate surface area is 47.6 Å². The fraction of sp³-hybridized carbons (Fsp3) is 0.250. The van der Waals surface area contributed by atoms with Crippen LogP contribution in [-0.4, -0.2) is 10.00 Å². The van der Waals surface area contributed by atoms with E-state index in [1.807, 2.05) is 6.08 Å². The van der Waals surface area contributed by atoms with Crippen LogP contribution >= 0.6 is 12.2 Å². The third kappa shape index (κ3) is 0.783. The van der Waals surface area contributed by atoms with Crippen molar-refractivity contribution >= 4 is 17.2 Å². The van der Waals surface area contributed by atoms with Crippen molar-refractivity contribution in [2.75, 3.05) is 0 Å². The molecule has 1 heterocycles. The minimum absolute atomic E-state index is 0.792. The van der Waals surface area contributed by atoms with Crippen LogP contribution in [0.2, 0.25) is 0 Å². The highest BCUT2D eigenvalue weighted by atomic mass is 32.1. The SMILES string of the molecule is NN1C=CCC1=S. The zero-order chi connectivity index (χ0) is 5.28. The van der Waals surface area contributed by atoms with Gasteiger partial charge in [0.1, 0.15) is 4.99 Å². The molecular formula is C4H6N2S. The van der Waals surface area contributed by atoms with Gasteiger partial charge in [-0.25, -0.2) is 5.84 Å². The lowest BCUT2D eigenvalue weighted by molar-refractivity contribution is 0.617. The third-order valence-electron chi connectivity index (χ3n) is 0.846. The highest BCUT2D eigenvalue weighted by Gasteiger charge is 2.03. The summed E-state index contributed by atoms with van der Waals surface area (Å²) in [6.07, 6.45) is 4.52. The summed E-state index contributed by atoms with van der Waals surface area (Å²) in [5, 5.41) is 1.45. The molecule has 0 bridgehead atoms. The van der Waals surface area contributed by atoms with E-state index in [0.717, 1.165) is 11.4 Å². The summed E-state index contributed by atoms with van der Waals surface area (Å²) in [6, 6.07) is 0. The third-order valence-corrected chi connectivity index (χ3v) is 1.22. The van der Waals surface area contributed by atoms with Crippen LogP contribution in [-0.2, 0) is 0 Å². The Balaban J connectivity index is 2.62. The summed E-state index contributed by atoms with van der Waals surface area (Å²) < 4.78 is 0. The molecule has 7 heavy (non-hydrogen) atoms. The number of rotatable bonds is 0. The molecule has 38 valence electrons. The molecule has 0 aromatic rings. The monoisotopic (exact) mass is 114 g/mol. The Bertz CT molecular complexity index is 119. The normalized spacial score (nSPS) is 19.0. The number of hydrazine groups is 1. The minimum Gasteiger partial charge on any atom is -0.280 e. The molecule has 1 aliphatic heterocycles. The molecule has 2 nitrogen and oxygen atoms in total. The van der Waals surface area contributed by atoms with Gasteiger partial charge in [0, 0.05) is 12.6 Å². The minimum atomic E-state index is 0.792. The molecule has 0 atom stereocenters. The van der Waals surface area contributed by atoms with Crippen molar-refractivity contribution in [3.8, 4) is 0 Å². The van der Waals surface area contributed by atoms with Crippen LogP contribution in [0.25, 0.3) is 0 Å². The number of thiocarbonyl (C=S) groups is 1. The fourth-order valence-electron chi connectivity index (χ4n) is 0.456. The van der Waals surface area contributed by atoms with Crippen molar-refractivity contribution in [3.05, 3.63) is 12.3 Å². The van der Waals surface area contributed by atoms with Gasteiger partial charge in [0.15, 0.2) is 0 Å². The quantitative estimate of drug-likeness (QED) is 0.365. The van der Waals surface area contributed by atoms with E-state index in [0.29, 0.717) is 0 Å². The molecule has 0 radical (unpaired) electrons. The molecule has 0 aliphatic carbocycles. The maximum Gasteiger partial charge on any atom is 0.101 e. The molecule has 0 aromatic carbocycles. The number of hydrogen-bond acceptors (Lipinski definition) is 2. The highest BCUT2D eigenvalue weighted by molar-refractivity contribution is 7.80. The maximum atomic E-state index is 5.28. The van der Waals surface area contributed by atoms with E-state index in [-0.39, 0.29) is 0 Å². The van der Waals surface area contributed by atoms with E-state index in [2.05, 4.69) is 0 Å². The first-order chi connectivity index (χ1) is 3.30. The van der Waals surface area contributed by atoms with Gasteiger partial charge in [0.25, 0.3) is 0 Å². The van der Waals surface area contributed by atoms with Crippen LogP contribution in [0.1, 0.15) is 6.42 Å². The van der Waals surface area contributed by atoms with Gasteiger partial charge >= 0.3 is 0 Å². The summed E-state index contributed by atoms with van der Waals surface area (Å²) in [5.41, 5.74) is 0. The van der Waals surface area contributed by atoms with E-state index in [9.17, 15) is 0 Å². The average molecular weight is 114 g/mol. The first kappa shape index (κ1) is 4.74. The Morgan fingerprint density at radius 2 is 2.57 bits per heavy atom. The van der Waals surface area contributed by atoms with E-state index in [1.54, 1.807) is 6.20 Å².